The fraction of sp³-hybridized carbons (Fsp3) is 0.647. The van der Waals surface area contributed by atoms with Gasteiger partial charge in [0.2, 0.25) is 5.89 Å². The van der Waals surface area contributed by atoms with E-state index in [-0.39, 0.29) is 11.9 Å². The number of nitrogen functional groups attached to an aromatic ring is 1. The maximum Gasteiger partial charge on any atom is 0.312 e. The summed E-state index contributed by atoms with van der Waals surface area (Å²) in [6.07, 6.45) is 8.03. The average molecular weight is 326 g/mol. The van der Waals surface area contributed by atoms with E-state index in [9.17, 15) is 0 Å². The summed E-state index contributed by atoms with van der Waals surface area (Å²) in [6, 6.07) is 0.154. The van der Waals surface area contributed by atoms with Crippen LogP contribution in [0.15, 0.2) is 4.42 Å². The molecule has 1 saturated carbocycles. The minimum Gasteiger partial charge on any atom is -0.408 e. The number of aromatic nitrogens is 4. The van der Waals surface area contributed by atoms with Gasteiger partial charge in [0.25, 0.3) is 0 Å². The molecule has 0 aromatic carbocycles. The molecule has 3 heterocycles. The third-order valence-electron chi connectivity index (χ3n) is 5.40. The normalized spacial score (nSPS) is 23.5. The highest BCUT2D eigenvalue weighted by Crippen LogP contribution is 2.41. The van der Waals surface area contributed by atoms with Crippen LogP contribution in [0.1, 0.15) is 66.9 Å². The summed E-state index contributed by atoms with van der Waals surface area (Å²) >= 11 is 0. The molecule has 7 nitrogen and oxygen atoms in total. The number of piperidine rings is 1. The van der Waals surface area contributed by atoms with Gasteiger partial charge in [-0.15, -0.1) is 5.10 Å². The molecule has 0 radical (unpaired) electrons. The summed E-state index contributed by atoms with van der Waals surface area (Å²) in [5.41, 5.74) is 8.24. The number of fused-ring (bicyclic) bond motifs is 1. The highest BCUT2D eigenvalue weighted by atomic mass is 16.4. The lowest BCUT2D eigenvalue weighted by atomic mass is 9.97. The first-order valence-electron chi connectivity index (χ1n) is 9.01. The molecular formula is C17H22N6O. The maximum atomic E-state index is 5.59. The summed E-state index contributed by atoms with van der Waals surface area (Å²) < 4.78 is 5.47. The van der Waals surface area contributed by atoms with Crippen LogP contribution in [-0.2, 0) is 12.8 Å². The molecule has 1 unspecified atom stereocenters. The highest BCUT2D eigenvalue weighted by Gasteiger charge is 2.33. The molecule has 2 aromatic rings. The molecule has 7 heteroatoms. The van der Waals surface area contributed by atoms with E-state index >= 15 is 0 Å². The number of nitrogens with two attached hydrogens (primary N) is 1. The minimum absolute atomic E-state index is 0.154. The van der Waals surface area contributed by atoms with Gasteiger partial charge in [-0.3, -0.25) is 0 Å². The Morgan fingerprint density at radius 3 is 2.71 bits per heavy atom. The SMILES string of the molecule is Nc1nnc(C2CCCN(c3nc(C4CC4)nc4c3CCC4)C2)o1. The molecule has 2 fully saturated rings. The van der Waals surface area contributed by atoms with Crippen molar-refractivity contribution in [2.24, 2.45) is 0 Å². The van der Waals surface area contributed by atoms with E-state index in [1.54, 1.807) is 0 Å². The Morgan fingerprint density at radius 1 is 1.00 bits per heavy atom. The van der Waals surface area contributed by atoms with E-state index in [1.165, 1.54) is 30.5 Å². The van der Waals surface area contributed by atoms with E-state index in [4.69, 9.17) is 20.1 Å². The highest BCUT2D eigenvalue weighted by molar-refractivity contribution is 5.52. The van der Waals surface area contributed by atoms with Crippen LogP contribution in [0.2, 0.25) is 0 Å². The molecule has 24 heavy (non-hydrogen) atoms. The predicted octanol–water partition coefficient (Wildman–Crippen LogP) is 2.19. The number of anilines is 2. The standard InChI is InChI=1S/C17H22N6O/c18-17-22-21-16(24-17)11-3-2-8-23(9-11)15-12-4-1-5-13(12)19-14(20-15)10-6-7-10/h10-11H,1-9H2,(H2,18,22). The quantitative estimate of drug-likeness (QED) is 0.924. The molecule has 0 bridgehead atoms. The van der Waals surface area contributed by atoms with Gasteiger partial charge in [0, 0.05) is 30.3 Å². The molecule has 1 atom stereocenters. The Labute approximate surface area is 140 Å². The summed E-state index contributed by atoms with van der Waals surface area (Å²) in [4.78, 5) is 12.3. The summed E-state index contributed by atoms with van der Waals surface area (Å²) in [5, 5.41) is 7.90. The van der Waals surface area contributed by atoms with Crippen LogP contribution in [0.3, 0.4) is 0 Å². The Bertz CT molecular complexity index is 768. The summed E-state index contributed by atoms with van der Waals surface area (Å²) in [6.45, 7) is 1.91. The number of nitrogens with zero attached hydrogens (tertiary/aromatic N) is 5. The van der Waals surface area contributed by atoms with Crippen LogP contribution in [0.4, 0.5) is 11.8 Å². The fourth-order valence-corrected chi connectivity index (χ4v) is 4.00. The molecule has 2 N–H and O–H groups in total. The molecule has 1 saturated heterocycles. The van der Waals surface area contributed by atoms with Gasteiger partial charge in [-0.2, -0.15) is 0 Å². The van der Waals surface area contributed by atoms with Crippen LogP contribution in [-0.4, -0.2) is 33.3 Å². The van der Waals surface area contributed by atoms with E-state index in [0.717, 1.165) is 50.4 Å². The van der Waals surface area contributed by atoms with Gasteiger partial charge in [0.1, 0.15) is 11.6 Å². The van der Waals surface area contributed by atoms with Crippen LogP contribution in [0, 0.1) is 0 Å². The Hall–Kier alpha value is -2.18. The van der Waals surface area contributed by atoms with Crippen molar-refractivity contribution < 1.29 is 4.42 Å². The second kappa shape index (κ2) is 5.43. The third kappa shape index (κ3) is 2.42. The van der Waals surface area contributed by atoms with Crippen LogP contribution in [0.25, 0.3) is 0 Å². The Balaban J connectivity index is 1.47. The van der Waals surface area contributed by atoms with Gasteiger partial charge < -0.3 is 15.1 Å². The van der Waals surface area contributed by atoms with Gasteiger partial charge in [-0.1, -0.05) is 5.10 Å². The molecule has 2 aliphatic carbocycles. The van der Waals surface area contributed by atoms with E-state index in [0.29, 0.717) is 11.8 Å². The molecule has 126 valence electrons. The third-order valence-corrected chi connectivity index (χ3v) is 5.40. The molecule has 3 aliphatic rings. The lowest BCUT2D eigenvalue weighted by Crippen LogP contribution is -2.36. The zero-order chi connectivity index (χ0) is 16.1. The lowest BCUT2D eigenvalue weighted by molar-refractivity contribution is 0.404. The first-order valence-corrected chi connectivity index (χ1v) is 9.01. The van der Waals surface area contributed by atoms with Gasteiger partial charge in [-0.25, -0.2) is 9.97 Å². The number of aryl methyl sites for hydroxylation is 1. The number of hydrogen-bond acceptors (Lipinski definition) is 7. The number of rotatable bonds is 3. The van der Waals surface area contributed by atoms with Crippen molar-refractivity contribution in [3.8, 4) is 0 Å². The van der Waals surface area contributed by atoms with Crippen molar-refractivity contribution >= 4 is 11.8 Å². The Morgan fingerprint density at radius 2 is 1.92 bits per heavy atom. The van der Waals surface area contributed by atoms with Crippen LogP contribution < -0.4 is 10.6 Å². The second-order valence-corrected chi connectivity index (χ2v) is 7.22. The summed E-state index contributed by atoms with van der Waals surface area (Å²) in [5.74, 6) is 3.71. The van der Waals surface area contributed by atoms with Gasteiger partial charge in [0.05, 0.1) is 5.92 Å². The van der Waals surface area contributed by atoms with E-state index in [2.05, 4.69) is 15.1 Å². The molecule has 1 aliphatic heterocycles. The smallest absolute Gasteiger partial charge is 0.312 e. The first kappa shape index (κ1) is 14.2. The minimum atomic E-state index is 0.154. The average Bonchev–Trinajstić information content (AvgIpc) is 3.19. The second-order valence-electron chi connectivity index (χ2n) is 7.22. The van der Waals surface area contributed by atoms with Crippen molar-refractivity contribution in [2.75, 3.05) is 23.7 Å². The van der Waals surface area contributed by atoms with Crippen molar-refractivity contribution in [1.29, 1.82) is 0 Å². The fourth-order valence-electron chi connectivity index (χ4n) is 4.00. The van der Waals surface area contributed by atoms with Crippen molar-refractivity contribution in [3.63, 3.8) is 0 Å². The van der Waals surface area contributed by atoms with E-state index in [1.807, 2.05) is 0 Å². The van der Waals surface area contributed by atoms with Crippen LogP contribution >= 0.6 is 0 Å². The van der Waals surface area contributed by atoms with Gasteiger partial charge in [-0.05, 0) is 44.9 Å². The molecular weight excluding hydrogens is 304 g/mol. The summed E-state index contributed by atoms with van der Waals surface area (Å²) in [7, 11) is 0. The van der Waals surface area contributed by atoms with Gasteiger partial charge in [0.15, 0.2) is 0 Å². The number of hydrogen-bond donors (Lipinski definition) is 1. The molecule has 5 rings (SSSR count). The predicted molar refractivity (Wildman–Crippen MR) is 88.9 cm³/mol. The topological polar surface area (TPSA) is 94.0 Å². The molecule has 0 spiro atoms. The van der Waals surface area contributed by atoms with Crippen molar-refractivity contribution in [2.45, 2.75) is 56.8 Å². The van der Waals surface area contributed by atoms with Gasteiger partial charge >= 0.3 is 6.01 Å². The Kier molecular flexibility index (Phi) is 3.21. The van der Waals surface area contributed by atoms with Crippen molar-refractivity contribution in [3.05, 3.63) is 23.0 Å². The maximum absolute atomic E-state index is 5.59. The van der Waals surface area contributed by atoms with Crippen molar-refractivity contribution in [1.82, 2.24) is 20.2 Å². The largest absolute Gasteiger partial charge is 0.408 e. The zero-order valence-electron chi connectivity index (χ0n) is 13.7. The molecule has 0 amide bonds. The zero-order valence-corrected chi connectivity index (χ0v) is 13.7. The van der Waals surface area contributed by atoms with Crippen LogP contribution in [0.5, 0.6) is 0 Å². The lowest BCUT2D eigenvalue weighted by Gasteiger charge is -2.33. The van der Waals surface area contributed by atoms with E-state index < -0.39 is 0 Å². The monoisotopic (exact) mass is 326 g/mol. The first-order chi connectivity index (χ1) is 11.8. The molecule has 2 aromatic heterocycles.